The van der Waals surface area contributed by atoms with Crippen LogP contribution in [0.15, 0.2) is 36.5 Å². The van der Waals surface area contributed by atoms with E-state index in [1.807, 2.05) is 45.0 Å². The van der Waals surface area contributed by atoms with E-state index in [9.17, 15) is 13.6 Å². The normalized spacial score (nSPS) is 11.9. The van der Waals surface area contributed by atoms with Crippen LogP contribution in [-0.2, 0) is 11.3 Å². The molecule has 0 aliphatic rings. The van der Waals surface area contributed by atoms with Crippen molar-refractivity contribution in [3.05, 3.63) is 47.7 Å². The molecule has 0 fully saturated rings. The number of nitrogens with zero attached hydrogens (tertiary/aromatic N) is 1. The highest BCUT2D eigenvalue weighted by atomic mass is 32.2. The van der Waals surface area contributed by atoms with E-state index in [1.165, 1.54) is 6.20 Å². The highest BCUT2D eigenvalue weighted by Crippen LogP contribution is 2.26. The van der Waals surface area contributed by atoms with Crippen molar-refractivity contribution in [2.45, 2.75) is 26.8 Å². The number of anilines is 3. The van der Waals surface area contributed by atoms with Crippen molar-refractivity contribution in [2.24, 2.45) is 0 Å². The van der Waals surface area contributed by atoms with Crippen LogP contribution in [0, 0.1) is 6.92 Å². The Morgan fingerprint density at radius 1 is 1.29 bits per heavy atom. The average molecular weight is 347 g/mol. The summed E-state index contributed by atoms with van der Waals surface area (Å²) in [6.07, 6.45) is 1.43. The molecule has 0 bridgehead atoms. The van der Waals surface area contributed by atoms with Crippen molar-refractivity contribution in [2.75, 3.05) is 10.0 Å². The van der Waals surface area contributed by atoms with Crippen LogP contribution >= 0.6 is 0 Å². The molecule has 0 radical (unpaired) electrons. The van der Waals surface area contributed by atoms with Crippen molar-refractivity contribution in [3.8, 4) is 0 Å². The Balaban J connectivity index is 2.45. The molecule has 7 nitrogen and oxygen atoms in total. The van der Waals surface area contributed by atoms with Crippen LogP contribution in [0.3, 0.4) is 0 Å². The van der Waals surface area contributed by atoms with Gasteiger partial charge in [0, 0.05) is 29.2 Å². The van der Waals surface area contributed by atoms with Gasteiger partial charge in [-0.1, -0.05) is 12.1 Å². The Hall–Kier alpha value is -2.45. The molecule has 1 aromatic carbocycles. The fraction of sp³-hybridized carbons (Fsp3) is 0.250. The number of aromatic nitrogens is 1. The largest absolute Gasteiger partial charge is 0.755 e. The lowest BCUT2D eigenvalue weighted by molar-refractivity contribution is 0.0944. The minimum Gasteiger partial charge on any atom is -0.755 e. The van der Waals surface area contributed by atoms with E-state index in [0.717, 1.165) is 11.3 Å². The van der Waals surface area contributed by atoms with E-state index in [4.69, 9.17) is 0 Å². The molecule has 0 spiro atoms. The third-order valence-electron chi connectivity index (χ3n) is 3.07. The highest BCUT2D eigenvalue weighted by molar-refractivity contribution is 7.80. The van der Waals surface area contributed by atoms with Crippen LogP contribution in [0.1, 0.15) is 29.8 Å². The zero-order valence-corrected chi connectivity index (χ0v) is 14.4. The first-order chi connectivity index (χ1) is 11.4. The predicted octanol–water partition coefficient (Wildman–Crippen LogP) is 2.48. The molecule has 3 N–H and O–H groups in total. The summed E-state index contributed by atoms with van der Waals surface area (Å²) in [4.78, 5) is 16.5. The predicted molar refractivity (Wildman–Crippen MR) is 93.8 cm³/mol. The van der Waals surface area contributed by atoms with E-state index >= 15 is 0 Å². The summed E-state index contributed by atoms with van der Waals surface area (Å²) in [7, 11) is 0. The molecule has 1 aromatic heterocycles. The fourth-order valence-electron chi connectivity index (χ4n) is 2.16. The lowest BCUT2D eigenvalue weighted by atomic mass is 10.1. The molecule has 2 aromatic rings. The molecule has 0 saturated heterocycles. The summed E-state index contributed by atoms with van der Waals surface area (Å²) >= 11 is -2.58. The topological polar surface area (TPSA) is 106 Å². The summed E-state index contributed by atoms with van der Waals surface area (Å²) in [6, 6.07) is 9.14. The third-order valence-corrected chi connectivity index (χ3v) is 3.43. The molecule has 0 aliphatic heterocycles. The molecule has 0 aliphatic carbocycles. The highest BCUT2D eigenvalue weighted by Gasteiger charge is 2.19. The second-order valence-electron chi connectivity index (χ2n) is 5.54. The fourth-order valence-corrected chi connectivity index (χ4v) is 2.48. The molecule has 1 amide bonds. The van der Waals surface area contributed by atoms with Crippen LogP contribution < -0.4 is 15.4 Å². The SMILES string of the molecule is Cc1cccc(Nc2ccnc(NS(=O)[O-])c2C(=O)NC(C)C)c1. The Morgan fingerprint density at radius 2 is 2.04 bits per heavy atom. The van der Waals surface area contributed by atoms with E-state index < -0.39 is 17.2 Å². The molecule has 2 rings (SSSR count). The Bertz CT molecular complexity index is 765. The zero-order valence-electron chi connectivity index (χ0n) is 13.6. The maximum Gasteiger partial charge on any atom is 0.257 e. The van der Waals surface area contributed by atoms with Crippen LogP contribution in [-0.4, -0.2) is 25.7 Å². The number of nitrogens with one attached hydrogen (secondary N) is 3. The Labute approximate surface area is 143 Å². The van der Waals surface area contributed by atoms with Crippen LogP contribution in [0.25, 0.3) is 0 Å². The maximum absolute atomic E-state index is 12.5. The first-order valence-electron chi connectivity index (χ1n) is 7.36. The van der Waals surface area contributed by atoms with E-state index in [2.05, 4.69) is 20.3 Å². The van der Waals surface area contributed by atoms with Gasteiger partial charge in [0.15, 0.2) is 5.82 Å². The Kier molecular flexibility index (Phi) is 5.88. The monoisotopic (exact) mass is 347 g/mol. The summed E-state index contributed by atoms with van der Waals surface area (Å²) in [5.41, 5.74) is 2.44. The van der Waals surface area contributed by atoms with E-state index in [-0.39, 0.29) is 17.4 Å². The smallest absolute Gasteiger partial charge is 0.257 e. The molecule has 1 heterocycles. The van der Waals surface area contributed by atoms with Crippen molar-refractivity contribution >= 4 is 34.4 Å². The maximum atomic E-state index is 12.5. The van der Waals surface area contributed by atoms with Crippen LogP contribution in [0.4, 0.5) is 17.2 Å². The molecule has 1 unspecified atom stereocenters. The molecule has 128 valence electrons. The molecule has 8 heteroatoms. The summed E-state index contributed by atoms with van der Waals surface area (Å²) in [5, 5.41) is 5.89. The van der Waals surface area contributed by atoms with Gasteiger partial charge in [-0.3, -0.25) is 13.7 Å². The second kappa shape index (κ2) is 7.89. The minimum absolute atomic E-state index is 0.0286. The molecule has 1 atom stereocenters. The van der Waals surface area contributed by atoms with E-state index in [0.29, 0.717) is 5.69 Å². The number of carbonyl (C=O) groups excluding carboxylic acids is 1. The lowest BCUT2D eigenvalue weighted by Gasteiger charge is -2.18. The van der Waals surface area contributed by atoms with Crippen molar-refractivity contribution in [1.29, 1.82) is 0 Å². The van der Waals surface area contributed by atoms with Gasteiger partial charge in [0.05, 0.1) is 5.69 Å². The standard InChI is InChI=1S/C16H20N4O3S/c1-10(2)18-16(21)14-13(7-8-17-15(14)20-24(22)23)19-12-6-4-5-11(3)9-12/h4-10H,1-3H3,(H,18,21)(H,22,23)(H2,17,19,20)/p-1. The number of carbonyl (C=O) groups is 1. The molecular formula is C16H19N4O3S-. The summed E-state index contributed by atoms with van der Waals surface area (Å²) in [6.45, 7) is 5.60. The van der Waals surface area contributed by atoms with Gasteiger partial charge >= 0.3 is 0 Å². The zero-order chi connectivity index (χ0) is 17.7. The molecule has 24 heavy (non-hydrogen) atoms. The van der Waals surface area contributed by atoms with Crippen molar-refractivity contribution in [1.82, 2.24) is 10.3 Å². The molecular weight excluding hydrogens is 328 g/mol. The first kappa shape index (κ1) is 17.9. The summed E-state index contributed by atoms with van der Waals surface area (Å²) in [5.74, 6) is -0.444. The van der Waals surface area contributed by atoms with Gasteiger partial charge in [-0.2, -0.15) is 0 Å². The quantitative estimate of drug-likeness (QED) is 0.696. The van der Waals surface area contributed by atoms with Gasteiger partial charge in [-0.25, -0.2) is 4.98 Å². The van der Waals surface area contributed by atoms with Crippen LogP contribution in [0.5, 0.6) is 0 Å². The van der Waals surface area contributed by atoms with Gasteiger partial charge in [0.2, 0.25) is 0 Å². The van der Waals surface area contributed by atoms with Gasteiger partial charge in [-0.05, 0) is 44.5 Å². The minimum atomic E-state index is -2.58. The van der Waals surface area contributed by atoms with Gasteiger partial charge in [-0.15, -0.1) is 0 Å². The number of aryl methyl sites for hydroxylation is 1. The van der Waals surface area contributed by atoms with Crippen molar-refractivity contribution in [3.63, 3.8) is 0 Å². The number of benzene rings is 1. The lowest BCUT2D eigenvalue weighted by Crippen LogP contribution is -2.31. The van der Waals surface area contributed by atoms with Gasteiger partial charge in [0.25, 0.3) is 5.91 Å². The summed E-state index contributed by atoms with van der Waals surface area (Å²) < 4.78 is 24.1. The Morgan fingerprint density at radius 3 is 2.67 bits per heavy atom. The van der Waals surface area contributed by atoms with Gasteiger partial charge < -0.3 is 15.2 Å². The van der Waals surface area contributed by atoms with Crippen molar-refractivity contribution < 1.29 is 13.6 Å². The van der Waals surface area contributed by atoms with Crippen LogP contribution in [0.2, 0.25) is 0 Å². The molecule has 0 saturated carbocycles. The number of pyridine rings is 1. The number of rotatable bonds is 6. The number of amides is 1. The average Bonchev–Trinajstić information content (AvgIpc) is 2.46. The third kappa shape index (κ3) is 4.77. The van der Waals surface area contributed by atoms with Gasteiger partial charge in [0.1, 0.15) is 5.56 Å². The number of hydrogen-bond donors (Lipinski definition) is 3. The van der Waals surface area contributed by atoms with E-state index in [1.54, 1.807) is 6.07 Å². The second-order valence-corrected chi connectivity index (χ2v) is 6.22. The number of hydrogen-bond acceptors (Lipinski definition) is 5. The first-order valence-corrected chi connectivity index (χ1v) is 8.44.